The van der Waals surface area contributed by atoms with Gasteiger partial charge in [0.1, 0.15) is 12.4 Å². The Balaban J connectivity index is 1.96. The van der Waals surface area contributed by atoms with E-state index in [2.05, 4.69) is 15.6 Å². The monoisotopic (exact) mass is 367 g/mol. The van der Waals surface area contributed by atoms with Gasteiger partial charge in [-0.05, 0) is 54.5 Å². The van der Waals surface area contributed by atoms with Crippen LogP contribution in [-0.4, -0.2) is 30.7 Å². The van der Waals surface area contributed by atoms with Gasteiger partial charge in [0.05, 0.1) is 11.4 Å². The van der Waals surface area contributed by atoms with E-state index in [9.17, 15) is 4.79 Å². The molecular formula is C19H21N5O3. The second-order valence-corrected chi connectivity index (χ2v) is 6.32. The molecule has 0 atom stereocenters. The number of nitrogens with zero attached hydrogens (tertiary/aromatic N) is 5. The van der Waals surface area contributed by atoms with E-state index in [-0.39, 0.29) is 12.3 Å². The highest BCUT2D eigenvalue weighted by molar-refractivity contribution is 5.98. The lowest BCUT2D eigenvalue weighted by molar-refractivity contribution is 0.302. The molecule has 0 aliphatic carbocycles. The highest BCUT2D eigenvalue weighted by Crippen LogP contribution is 2.24. The van der Waals surface area contributed by atoms with Gasteiger partial charge < -0.3 is 9.94 Å². The quantitative estimate of drug-likeness (QED) is 0.424. The molecule has 0 radical (unpaired) electrons. The number of hydrogen-bond donors (Lipinski definition) is 1. The maximum atomic E-state index is 12.2. The summed E-state index contributed by atoms with van der Waals surface area (Å²) in [5.41, 5.74) is 4.36. The van der Waals surface area contributed by atoms with Gasteiger partial charge in [-0.3, -0.25) is 0 Å². The summed E-state index contributed by atoms with van der Waals surface area (Å²) in [7, 11) is 1.55. The molecule has 3 aromatic rings. The van der Waals surface area contributed by atoms with Crippen LogP contribution < -0.4 is 10.4 Å². The fraction of sp³-hybridized carbons (Fsp3) is 0.263. The summed E-state index contributed by atoms with van der Waals surface area (Å²) < 4.78 is 8.48. The van der Waals surface area contributed by atoms with Crippen molar-refractivity contribution < 1.29 is 9.94 Å². The number of ether oxygens (including phenoxy) is 1. The van der Waals surface area contributed by atoms with Crippen molar-refractivity contribution in [1.29, 1.82) is 0 Å². The van der Waals surface area contributed by atoms with Gasteiger partial charge in [0.15, 0.2) is 0 Å². The predicted molar refractivity (Wildman–Crippen MR) is 101 cm³/mol. The van der Waals surface area contributed by atoms with Gasteiger partial charge in [0.25, 0.3) is 0 Å². The molecule has 1 heterocycles. The molecule has 0 amide bonds. The Morgan fingerprint density at radius 1 is 1.19 bits per heavy atom. The average Bonchev–Trinajstić information content (AvgIpc) is 3.00. The van der Waals surface area contributed by atoms with Gasteiger partial charge in [-0.15, -0.1) is 0 Å². The molecule has 140 valence electrons. The van der Waals surface area contributed by atoms with E-state index in [0.29, 0.717) is 17.1 Å². The van der Waals surface area contributed by atoms with E-state index >= 15 is 0 Å². The van der Waals surface area contributed by atoms with Crippen LogP contribution in [-0.2, 0) is 13.7 Å². The van der Waals surface area contributed by atoms with Crippen molar-refractivity contribution in [2.24, 2.45) is 12.2 Å². The third-order valence-electron chi connectivity index (χ3n) is 4.46. The van der Waals surface area contributed by atoms with Crippen LogP contribution >= 0.6 is 0 Å². The van der Waals surface area contributed by atoms with E-state index in [0.717, 1.165) is 22.3 Å². The summed E-state index contributed by atoms with van der Waals surface area (Å²) >= 11 is 0. The summed E-state index contributed by atoms with van der Waals surface area (Å²) in [6, 6.07) is 11.2. The largest absolute Gasteiger partial charge is 0.489 e. The molecule has 1 aromatic heterocycles. The molecule has 8 nitrogen and oxygen atoms in total. The van der Waals surface area contributed by atoms with Gasteiger partial charge in [-0.25, -0.2) is 4.79 Å². The minimum absolute atomic E-state index is 0.255. The molecule has 0 saturated heterocycles. The van der Waals surface area contributed by atoms with Crippen molar-refractivity contribution in [3.8, 4) is 11.4 Å². The van der Waals surface area contributed by atoms with Crippen LogP contribution in [0, 0.1) is 13.8 Å². The molecule has 0 bridgehead atoms. The van der Waals surface area contributed by atoms with Crippen LogP contribution in [0.2, 0.25) is 0 Å². The first-order valence-electron chi connectivity index (χ1n) is 8.42. The fourth-order valence-corrected chi connectivity index (χ4v) is 2.73. The Morgan fingerprint density at radius 2 is 1.96 bits per heavy atom. The van der Waals surface area contributed by atoms with Crippen LogP contribution in [0.4, 0.5) is 0 Å². The van der Waals surface area contributed by atoms with Crippen molar-refractivity contribution in [3.05, 3.63) is 69.1 Å². The van der Waals surface area contributed by atoms with Gasteiger partial charge in [-0.2, -0.15) is 9.36 Å². The Bertz CT molecular complexity index is 1070. The number of aryl methyl sites for hydroxylation is 3. The minimum Gasteiger partial charge on any atom is -0.489 e. The summed E-state index contributed by atoms with van der Waals surface area (Å²) in [5.74, 6) is 0.677. The molecule has 3 rings (SSSR count). The molecule has 0 fully saturated rings. The summed E-state index contributed by atoms with van der Waals surface area (Å²) in [4.78, 5) is 12.2. The number of tetrazole rings is 1. The second-order valence-electron chi connectivity index (χ2n) is 6.32. The Hall–Kier alpha value is -3.42. The number of hydrogen-bond acceptors (Lipinski definition) is 6. The second kappa shape index (κ2) is 7.45. The summed E-state index contributed by atoms with van der Waals surface area (Å²) in [5, 5.41) is 19.9. The first-order chi connectivity index (χ1) is 12.9. The van der Waals surface area contributed by atoms with E-state index in [1.54, 1.807) is 14.0 Å². The lowest BCUT2D eigenvalue weighted by Gasteiger charge is -2.15. The molecule has 0 aliphatic rings. The van der Waals surface area contributed by atoms with Crippen molar-refractivity contribution in [3.63, 3.8) is 0 Å². The average molecular weight is 367 g/mol. The van der Waals surface area contributed by atoms with Crippen molar-refractivity contribution in [2.75, 3.05) is 0 Å². The minimum atomic E-state index is -0.324. The molecule has 27 heavy (non-hydrogen) atoms. The van der Waals surface area contributed by atoms with E-state index in [1.165, 1.54) is 9.36 Å². The standard InChI is InChI=1S/C19H21N5O3/c1-12-6-5-7-17(24-19(25)23(4)21-22-24)16(12)11-27-18-10-15(14(3)20-26)9-8-13(18)2/h5-10,26H,11H2,1-4H3/b20-14+. The lowest BCUT2D eigenvalue weighted by atomic mass is 10.1. The topological polar surface area (TPSA) is 94.5 Å². The Labute approximate surface area is 156 Å². The third-order valence-corrected chi connectivity index (χ3v) is 4.46. The molecule has 0 spiro atoms. The molecular weight excluding hydrogens is 346 g/mol. The number of oxime groups is 1. The maximum absolute atomic E-state index is 12.2. The van der Waals surface area contributed by atoms with E-state index in [4.69, 9.17) is 9.94 Å². The highest BCUT2D eigenvalue weighted by Gasteiger charge is 2.14. The van der Waals surface area contributed by atoms with Gasteiger partial charge >= 0.3 is 5.69 Å². The number of aromatic nitrogens is 4. The summed E-state index contributed by atoms with van der Waals surface area (Å²) in [6.45, 7) is 5.87. The molecule has 0 saturated carbocycles. The molecule has 0 unspecified atom stereocenters. The van der Waals surface area contributed by atoms with Crippen molar-refractivity contribution in [2.45, 2.75) is 27.4 Å². The van der Waals surface area contributed by atoms with Gasteiger partial charge in [-0.1, -0.05) is 29.4 Å². The smallest absolute Gasteiger partial charge is 0.368 e. The van der Waals surface area contributed by atoms with E-state index < -0.39 is 0 Å². The maximum Gasteiger partial charge on any atom is 0.368 e. The Kier molecular flexibility index (Phi) is 5.07. The normalized spacial score (nSPS) is 11.6. The molecule has 8 heteroatoms. The predicted octanol–water partition coefficient (Wildman–Crippen LogP) is 2.36. The van der Waals surface area contributed by atoms with Crippen LogP contribution in [0.15, 0.2) is 46.3 Å². The zero-order valence-corrected chi connectivity index (χ0v) is 15.7. The Morgan fingerprint density at radius 3 is 2.63 bits per heavy atom. The SMILES string of the molecule is C/C(=N\O)c1ccc(C)c(OCc2c(C)cccc2-n2nnn(C)c2=O)c1. The van der Waals surface area contributed by atoms with Crippen LogP contribution in [0.25, 0.3) is 5.69 Å². The zero-order chi connectivity index (χ0) is 19.6. The molecule has 1 N–H and O–H groups in total. The van der Waals surface area contributed by atoms with E-state index in [1.807, 2.05) is 50.2 Å². The number of benzene rings is 2. The first-order valence-corrected chi connectivity index (χ1v) is 8.42. The molecule has 0 aliphatic heterocycles. The fourth-order valence-electron chi connectivity index (χ4n) is 2.73. The van der Waals surface area contributed by atoms with Gasteiger partial charge in [0, 0.05) is 18.2 Å². The van der Waals surface area contributed by atoms with Crippen molar-refractivity contribution in [1.82, 2.24) is 19.8 Å². The van der Waals surface area contributed by atoms with Crippen LogP contribution in [0.5, 0.6) is 5.75 Å². The van der Waals surface area contributed by atoms with Crippen LogP contribution in [0.1, 0.15) is 29.2 Å². The number of rotatable bonds is 5. The highest BCUT2D eigenvalue weighted by atomic mass is 16.5. The third kappa shape index (κ3) is 3.59. The first kappa shape index (κ1) is 18.4. The van der Waals surface area contributed by atoms with Gasteiger partial charge in [0.2, 0.25) is 0 Å². The van der Waals surface area contributed by atoms with Crippen LogP contribution in [0.3, 0.4) is 0 Å². The lowest BCUT2D eigenvalue weighted by Crippen LogP contribution is -2.23. The zero-order valence-electron chi connectivity index (χ0n) is 15.7. The summed E-state index contributed by atoms with van der Waals surface area (Å²) in [6.07, 6.45) is 0. The van der Waals surface area contributed by atoms with Crippen molar-refractivity contribution >= 4 is 5.71 Å². The molecule has 2 aromatic carbocycles.